The maximum atomic E-state index is 6.14. The lowest BCUT2D eigenvalue weighted by molar-refractivity contribution is 0.179. The lowest BCUT2D eigenvalue weighted by atomic mass is 10.1. The highest BCUT2D eigenvalue weighted by Gasteiger charge is 2.26. The number of unbranched alkanes of at least 4 members (excludes halogenated alkanes) is 3. The van der Waals surface area contributed by atoms with Gasteiger partial charge in [0.1, 0.15) is 0 Å². The van der Waals surface area contributed by atoms with Gasteiger partial charge in [0, 0.05) is 6.10 Å². The number of halogens is 1. The minimum Gasteiger partial charge on any atom is -0.410 e. The van der Waals surface area contributed by atoms with E-state index in [1.165, 1.54) is 32.1 Å². The molecule has 0 N–H and O–H groups in total. The number of allylic oxidation sites excluding steroid dienone is 1. The average molecular weight is 350 g/mol. The van der Waals surface area contributed by atoms with Crippen LogP contribution in [0.25, 0.3) is 0 Å². The van der Waals surface area contributed by atoms with Crippen molar-refractivity contribution in [3.8, 4) is 0 Å². The van der Waals surface area contributed by atoms with Gasteiger partial charge in [0.25, 0.3) is 0 Å². The number of hydrogen-bond donors (Lipinski definition) is 0. The molecule has 1 rings (SSSR count). The second-order valence-corrected chi connectivity index (χ2v) is 9.48. The molecule has 1 aliphatic heterocycles. The summed E-state index contributed by atoms with van der Waals surface area (Å²) < 4.78 is 8.25. The van der Waals surface area contributed by atoms with Gasteiger partial charge in [-0.05, 0) is 42.9 Å². The summed E-state index contributed by atoms with van der Waals surface area (Å²) >= 11 is 2.28. The molecule has 92 valence electrons. The van der Waals surface area contributed by atoms with Crippen molar-refractivity contribution >= 4 is 30.9 Å². The molecular formula is C13H23IOSi. The molecule has 1 unspecified atom stereocenters. The summed E-state index contributed by atoms with van der Waals surface area (Å²) in [4.78, 5) is 0. The zero-order valence-corrected chi connectivity index (χ0v) is 13.6. The quantitative estimate of drug-likeness (QED) is 0.373. The molecule has 0 aromatic rings. The van der Waals surface area contributed by atoms with E-state index in [-0.39, 0.29) is 0 Å². The van der Waals surface area contributed by atoms with E-state index in [1.807, 2.05) is 0 Å². The van der Waals surface area contributed by atoms with Crippen LogP contribution in [0.4, 0.5) is 0 Å². The highest BCUT2D eigenvalue weighted by Crippen LogP contribution is 2.22. The van der Waals surface area contributed by atoms with Gasteiger partial charge in [-0.25, -0.2) is 0 Å². The topological polar surface area (TPSA) is 9.23 Å². The van der Waals surface area contributed by atoms with Crippen molar-refractivity contribution in [2.45, 2.75) is 57.7 Å². The first-order valence-corrected chi connectivity index (χ1v) is 10.5. The third-order valence-electron chi connectivity index (χ3n) is 2.87. The van der Waals surface area contributed by atoms with Gasteiger partial charge in [0.05, 0.1) is 0 Å². The van der Waals surface area contributed by atoms with Gasteiger partial charge in [-0.1, -0.05) is 53.3 Å². The van der Waals surface area contributed by atoms with Gasteiger partial charge in [-0.3, -0.25) is 0 Å². The molecule has 0 bridgehead atoms. The second-order valence-electron chi connectivity index (χ2n) is 4.98. The maximum Gasteiger partial charge on any atom is 0.211 e. The highest BCUT2D eigenvalue weighted by atomic mass is 127. The largest absolute Gasteiger partial charge is 0.410 e. The molecule has 0 aromatic heterocycles. The van der Waals surface area contributed by atoms with Crippen LogP contribution in [0.15, 0.2) is 21.9 Å². The molecule has 0 aliphatic carbocycles. The third kappa shape index (κ3) is 6.20. The summed E-state index contributed by atoms with van der Waals surface area (Å²) in [6.45, 7) is 4.56. The molecule has 0 amide bonds. The summed E-state index contributed by atoms with van der Waals surface area (Å²) in [6.07, 6.45) is 12.7. The molecular weight excluding hydrogens is 327 g/mol. The molecule has 1 nitrogen and oxygen atoms in total. The first kappa shape index (κ1) is 14.4. The molecule has 1 atom stereocenters. The van der Waals surface area contributed by atoms with Crippen molar-refractivity contribution in [2.24, 2.45) is 0 Å². The SMILES string of the molecule is C[Si]1(C)C=CCC(CCCCC/C=C\I)O1. The molecule has 0 aromatic carbocycles. The monoisotopic (exact) mass is 350 g/mol. The molecule has 0 radical (unpaired) electrons. The number of rotatable bonds is 6. The van der Waals surface area contributed by atoms with Crippen LogP contribution in [0.5, 0.6) is 0 Å². The molecule has 16 heavy (non-hydrogen) atoms. The van der Waals surface area contributed by atoms with E-state index in [0.717, 1.165) is 6.42 Å². The average Bonchev–Trinajstić information content (AvgIpc) is 2.22. The Morgan fingerprint density at radius 3 is 2.88 bits per heavy atom. The van der Waals surface area contributed by atoms with Crippen molar-refractivity contribution in [1.82, 2.24) is 0 Å². The maximum absolute atomic E-state index is 6.14. The highest BCUT2D eigenvalue weighted by molar-refractivity contribution is 14.1. The number of hydrogen-bond acceptors (Lipinski definition) is 1. The van der Waals surface area contributed by atoms with E-state index in [0.29, 0.717) is 6.10 Å². The summed E-state index contributed by atoms with van der Waals surface area (Å²) in [5, 5.41) is 0. The summed E-state index contributed by atoms with van der Waals surface area (Å²) in [5.41, 5.74) is 2.31. The molecule has 0 saturated carbocycles. The van der Waals surface area contributed by atoms with Gasteiger partial charge in [0.2, 0.25) is 8.32 Å². The molecule has 0 fully saturated rings. The van der Waals surface area contributed by atoms with E-state index in [4.69, 9.17) is 4.43 Å². The van der Waals surface area contributed by atoms with Crippen molar-refractivity contribution in [2.75, 3.05) is 0 Å². The van der Waals surface area contributed by atoms with E-state index in [2.05, 4.69) is 57.6 Å². The Kier molecular flexibility index (Phi) is 6.92. The molecule has 3 heteroatoms. The predicted octanol–water partition coefficient (Wildman–Crippen LogP) is 4.98. The fraction of sp³-hybridized carbons (Fsp3) is 0.692. The van der Waals surface area contributed by atoms with E-state index in [9.17, 15) is 0 Å². The minimum absolute atomic E-state index is 0.506. The van der Waals surface area contributed by atoms with Gasteiger partial charge >= 0.3 is 0 Å². The van der Waals surface area contributed by atoms with Crippen molar-refractivity contribution in [3.05, 3.63) is 21.9 Å². The van der Waals surface area contributed by atoms with Crippen LogP contribution in [0, 0.1) is 0 Å². The Hall–Kier alpha value is 0.387. The predicted molar refractivity (Wildman–Crippen MR) is 82.4 cm³/mol. The Labute approximate surface area is 115 Å². The van der Waals surface area contributed by atoms with Crippen LogP contribution in [-0.4, -0.2) is 14.4 Å². The lowest BCUT2D eigenvalue weighted by Crippen LogP contribution is -2.36. The van der Waals surface area contributed by atoms with Crippen LogP contribution in [-0.2, 0) is 4.43 Å². The fourth-order valence-electron chi connectivity index (χ4n) is 2.07. The first-order valence-electron chi connectivity index (χ1n) is 6.25. The molecule has 1 aliphatic rings. The van der Waals surface area contributed by atoms with Crippen LogP contribution >= 0.6 is 22.6 Å². The Morgan fingerprint density at radius 2 is 2.19 bits per heavy atom. The normalized spacial score (nSPS) is 24.1. The van der Waals surface area contributed by atoms with E-state index < -0.39 is 8.32 Å². The van der Waals surface area contributed by atoms with Gasteiger partial charge in [-0.15, -0.1) is 0 Å². The Morgan fingerprint density at radius 1 is 1.38 bits per heavy atom. The van der Waals surface area contributed by atoms with Gasteiger partial charge < -0.3 is 4.43 Å². The van der Waals surface area contributed by atoms with E-state index in [1.54, 1.807) is 0 Å². The zero-order valence-electron chi connectivity index (χ0n) is 10.4. The molecule has 0 saturated heterocycles. The Balaban J connectivity index is 2.08. The molecule has 1 heterocycles. The van der Waals surface area contributed by atoms with Crippen molar-refractivity contribution in [1.29, 1.82) is 0 Å². The standard InChI is InChI=1S/C13H23IOSi/c1-16(2)12-8-10-13(15-16)9-6-4-3-5-7-11-14/h7-8,11-13H,3-6,9-10H2,1-2H3/b11-7-. The van der Waals surface area contributed by atoms with Crippen LogP contribution < -0.4 is 0 Å². The van der Waals surface area contributed by atoms with Crippen molar-refractivity contribution in [3.63, 3.8) is 0 Å². The first-order chi connectivity index (χ1) is 7.64. The smallest absolute Gasteiger partial charge is 0.211 e. The summed E-state index contributed by atoms with van der Waals surface area (Å²) in [5.74, 6) is 0. The fourth-order valence-corrected chi connectivity index (χ4v) is 4.29. The third-order valence-corrected chi connectivity index (χ3v) is 5.36. The summed E-state index contributed by atoms with van der Waals surface area (Å²) in [7, 11) is -1.43. The van der Waals surface area contributed by atoms with Crippen LogP contribution in [0.1, 0.15) is 38.5 Å². The zero-order chi connectivity index (χ0) is 11.9. The van der Waals surface area contributed by atoms with Crippen LogP contribution in [0.2, 0.25) is 13.1 Å². The van der Waals surface area contributed by atoms with E-state index >= 15 is 0 Å². The minimum atomic E-state index is -1.43. The second kappa shape index (κ2) is 7.66. The van der Waals surface area contributed by atoms with Gasteiger partial charge in [0.15, 0.2) is 0 Å². The van der Waals surface area contributed by atoms with Gasteiger partial charge in [-0.2, -0.15) is 0 Å². The Bertz CT molecular complexity index is 248. The lowest BCUT2D eigenvalue weighted by Gasteiger charge is -2.30. The molecule has 0 spiro atoms. The van der Waals surface area contributed by atoms with Crippen LogP contribution in [0.3, 0.4) is 0 Å². The van der Waals surface area contributed by atoms with Crippen molar-refractivity contribution < 1.29 is 4.43 Å². The summed E-state index contributed by atoms with van der Waals surface area (Å²) in [6, 6.07) is 0.